The van der Waals surface area contributed by atoms with Crippen molar-refractivity contribution >= 4 is 0 Å². The molecule has 0 amide bonds. The molecule has 0 radical (unpaired) electrons. The number of aliphatic hydroxyl groups excluding tert-OH is 1. The minimum atomic E-state index is -0.438. The molecule has 0 aromatic carbocycles. The van der Waals surface area contributed by atoms with Crippen molar-refractivity contribution in [3.05, 3.63) is 0 Å². The zero-order valence-corrected chi connectivity index (χ0v) is 12.2. The van der Waals surface area contributed by atoms with E-state index in [1.165, 1.54) is 0 Å². The third-order valence-electron chi connectivity index (χ3n) is 3.30. The van der Waals surface area contributed by atoms with E-state index in [2.05, 4.69) is 26.1 Å². The summed E-state index contributed by atoms with van der Waals surface area (Å²) < 4.78 is 11.1. The summed E-state index contributed by atoms with van der Waals surface area (Å²) in [5, 5.41) is 13.1. The van der Waals surface area contributed by atoms with Gasteiger partial charge in [-0.1, -0.05) is 0 Å². The summed E-state index contributed by atoms with van der Waals surface area (Å²) >= 11 is 0. The third-order valence-corrected chi connectivity index (χ3v) is 3.30. The van der Waals surface area contributed by atoms with E-state index in [1.54, 1.807) is 7.11 Å². The molecule has 4 nitrogen and oxygen atoms in total. The van der Waals surface area contributed by atoms with Crippen LogP contribution in [0, 0.1) is 0 Å². The lowest BCUT2D eigenvalue weighted by Gasteiger charge is -2.29. The highest BCUT2D eigenvalue weighted by atomic mass is 16.5. The zero-order valence-electron chi connectivity index (χ0n) is 12.2. The summed E-state index contributed by atoms with van der Waals surface area (Å²) in [6.07, 6.45) is 4.45. The molecule has 1 aliphatic carbocycles. The Kier molecular flexibility index (Phi) is 6.57. The van der Waals surface area contributed by atoms with Gasteiger partial charge in [0.25, 0.3) is 0 Å². The highest BCUT2D eigenvalue weighted by Gasteiger charge is 2.23. The van der Waals surface area contributed by atoms with E-state index in [0.29, 0.717) is 19.3 Å². The fourth-order valence-corrected chi connectivity index (χ4v) is 2.20. The number of hydrogen-bond acceptors (Lipinski definition) is 4. The molecule has 4 heteroatoms. The largest absolute Gasteiger partial charge is 0.389 e. The molecular formula is C14H29NO3. The van der Waals surface area contributed by atoms with Crippen LogP contribution in [0.2, 0.25) is 0 Å². The first-order valence-electron chi connectivity index (χ1n) is 6.98. The summed E-state index contributed by atoms with van der Waals surface area (Å²) in [4.78, 5) is 0. The Morgan fingerprint density at radius 1 is 1.28 bits per heavy atom. The zero-order chi connectivity index (χ0) is 13.6. The fourth-order valence-electron chi connectivity index (χ4n) is 2.20. The second-order valence-electron chi connectivity index (χ2n) is 6.26. The molecule has 3 atom stereocenters. The molecule has 0 bridgehead atoms. The molecule has 3 unspecified atom stereocenters. The Labute approximate surface area is 111 Å². The molecule has 0 saturated heterocycles. The molecule has 1 rings (SSSR count). The first kappa shape index (κ1) is 15.9. The van der Waals surface area contributed by atoms with Crippen molar-refractivity contribution in [1.82, 2.24) is 5.32 Å². The van der Waals surface area contributed by atoms with Crippen molar-refractivity contribution in [1.29, 1.82) is 0 Å². The first-order valence-corrected chi connectivity index (χ1v) is 6.98. The number of β-amino-alcohol motifs (C(OH)–C–C–N with tert-alkyl or cyclic N) is 1. The van der Waals surface area contributed by atoms with Gasteiger partial charge in [0.05, 0.1) is 24.9 Å². The average Bonchev–Trinajstić information content (AvgIpc) is 2.33. The normalized spacial score (nSPS) is 27.2. The predicted molar refractivity (Wildman–Crippen MR) is 72.8 cm³/mol. The average molecular weight is 259 g/mol. The molecule has 2 N–H and O–H groups in total. The van der Waals surface area contributed by atoms with Gasteiger partial charge in [0.2, 0.25) is 0 Å². The molecule has 1 saturated carbocycles. The quantitative estimate of drug-likeness (QED) is 0.762. The van der Waals surface area contributed by atoms with E-state index in [0.717, 1.165) is 25.7 Å². The highest BCUT2D eigenvalue weighted by Crippen LogP contribution is 2.23. The van der Waals surface area contributed by atoms with Crippen molar-refractivity contribution in [3.63, 3.8) is 0 Å². The molecule has 0 aromatic heterocycles. The molecule has 0 heterocycles. The Balaban J connectivity index is 2.15. The van der Waals surface area contributed by atoms with Gasteiger partial charge in [0, 0.05) is 19.2 Å². The molecule has 18 heavy (non-hydrogen) atoms. The second kappa shape index (κ2) is 7.43. The number of rotatable bonds is 6. The van der Waals surface area contributed by atoms with Gasteiger partial charge >= 0.3 is 0 Å². The van der Waals surface area contributed by atoms with Crippen LogP contribution in [0.5, 0.6) is 0 Å². The standard InChI is InChI=1S/C14H29NO3/c1-14(2,3)15-9-11(16)10-18-13-7-5-6-12(8-13)17-4/h11-13,15-16H,5-10H2,1-4H3. The monoisotopic (exact) mass is 259 g/mol. The minimum Gasteiger partial charge on any atom is -0.389 e. The van der Waals surface area contributed by atoms with E-state index in [1.807, 2.05) is 0 Å². The molecule has 0 spiro atoms. The van der Waals surface area contributed by atoms with E-state index < -0.39 is 6.10 Å². The molecular weight excluding hydrogens is 230 g/mol. The number of methoxy groups -OCH3 is 1. The number of ether oxygens (including phenoxy) is 2. The van der Waals surface area contributed by atoms with Gasteiger partial charge < -0.3 is 19.9 Å². The van der Waals surface area contributed by atoms with Crippen LogP contribution in [0.4, 0.5) is 0 Å². The summed E-state index contributed by atoms with van der Waals surface area (Å²) in [6.45, 7) is 7.24. The molecule has 0 aromatic rings. The summed E-state index contributed by atoms with van der Waals surface area (Å²) in [6, 6.07) is 0. The van der Waals surface area contributed by atoms with Gasteiger partial charge in [0.15, 0.2) is 0 Å². The van der Waals surface area contributed by atoms with Crippen LogP contribution in [-0.2, 0) is 9.47 Å². The Bertz CT molecular complexity index is 228. The number of aliphatic hydroxyl groups is 1. The van der Waals surface area contributed by atoms with Crippen molar-refractivity contribution in [2.24, 2.45) is 0 Å². The maximum atomic E-state index is 9.85. The van der Waals surface area contributed by atoms with Gasteiger partial charge in [0.1, 0.15) is 0 Å². The van der Waals surface area contributed by atoms with E-state index in [4.69, 9.17) is 9.47 Å². The van der Waals surface area contributed by atoms with Crippen LogP contribution in [0.3, 0.4) is 0 Å². The fraction of sp³-hybridized carbons (Fsp3) is 1.00. The summed E-state index contributed by atoms with van der Waals surface area (Å²) in [7, 11) is 1.76. The van der Waals surface area contributed by atoms with Gasteiger partial charge in [-0.05, 0) is 46.5 Å². The van der Waals surface area contributed by atoms with Crippen LogP contribution in [0.1, 0.15) is 46.5 Å². The Hall–Kier alpha value is -0.160. The second-order valence-corrected chi connectivity index (χ2v) is 6.26. The Morgan fingerprint density at radius 3 is 2.56 bits per heavy atom. The summed E-state index contributed by atoms with van der Waals surface area (Å²) in [5.41, 5.74) is 0.0347. The smallest absolute Gasteiger partial charge is 0.0898 e. The lowest BCUT2D eigenvalue weighted by molar-refractivity contribution is -0.0564. The van der Waals surface area contributed by atoms with Gasteiger partial charge in [-0.15, -0.1) is 0 Å². The lowest BCUT2D eigenvalue weighted by atomic mass is 9.95. The summed E-state index contributed by atoms with van der Waals surface area (Å²) in [5.74, 6) is 0. The number of hydrogen-bond donors (Lipinski definition) is 2. The van der Waals surface area contributed by atoms with E-state index >= 15 is 0 Å². The third kappa shape index (κ3) is 6.69. The molecule has 1 aliphatic rings. The van der Waals surface area contributed by atoms with Crippen molar-refractivity contribution < 1.29 is 14.6 Å². The predicted octanol–water partition coefficient (Wildman–Crippen LogP) is 1.71. The van der Waals surface area contributed by atoms with Crippen LogP contribution in [0.25, 0.3) is 0 Å². The van der Waals surface area contributed by atoms with Crippen LogP contribution in [0.15, 0.2) is 0 Å². The molecule has 0 aliphatic heterocycles. The maximum absolute atomic E-state index is 9.85. The topological polar surface area (TPSA) is 50.7 Å². The van der Waals surface area contributed by atoms with E-state index in [9.17, 15) is 5.11 Å². The lowest BCUT2D eigenvalue weighted by Crippen LogP contribution is -2.42. The van der Waals surface area contributed by atoms with Gasteiger partial charge in [-0.25, -0.2) is 0 Å². The Morgan fingerprint density at radius 2 is 1.94 bits per heavy atom. The minimum absolute atomic E-state index is 0.0347. The van der Waals surface area contributed by atoms with E-state index in [-0.39, 0.29) is 11.6 Å². The first-order chi connectivity index (χ1) is 8.40. The molecule has 108 valence electrons. The van der Waals surface area contributed by atoms with Gasteiger partial charge in [-0.2, -0.15) is 0 Å². The van der Waals surface area contributed by atoms with Crippen molar-refractivity contribution in [2.45, 2.75) is 70.3 Å². The van der Waals surface area contributed by atoms with Crippen LogP contribution in [-0.4, -0.2) is 49.2 Å². The number of nitrogens with one attached hydrogen (secondary N) is 1. The van der Waals surface area contributed by atoms with Crippen LogP contribution >= 0.6 is 0 Å². The maximum Gasteiger partial charge on any atom is 0.0898 e. The van der Waals surface area contributed by atoms with Gasteiger partial charge in [-0.3, -0.25) is 0 Å². The van der Waals surface area contributed by atoms with Crippen molar-refractivity contribution in [3.8, 4) is 0 Å². The highest BCUT2D eigenvalue weighted by molar-refractivity contribution is 4.75. The SMILES string of the molecule is COC1CCCC(OCC(O)CNC(C)(C)C)C1. The van der Waals surface area contributed by atoms with Crippen molar-refractivity contribution in [2.75, 3.05) is 20.3 Å². The molecule has 1 fully saturated rings. The van der Waals surface area contributed by atoms with Crippen LogP contribution < -0.4 is 5.32 Å².